The molecule has 3 heteroatoms. The molecule has 0 saturated heterocycles. The number of hydrogen-bond donors (Lipinski definition) is 1. The summed E-state index contributed by atoms with van der Waals surface area (Å²) in [7, 11) is 0. The third-order valence-electron chi connectivity index (χ3n) is 1.61. The molecule has 2 atom stereocenters. The van der Waals surface area contributed by atoms with Crippen molar-refractivity contribution in [2.24, 2.45) is 5.73 Å². The lowest BCUT2D eigenvalue weighted by Crippen LogP contribution is -2.00. The molecule has 9 heavy (non-hydrogen) atoms. The normalized spacial score (nSPS) is 32.6. The van der Waals surface area contributed by atoms with Crippen LogP contribution in [0.2, 0.25) is 0 Å². The monoisotopic (exact) mass is 140 g/mol. The Morgan fingerprint density at radius 1 is 1.78 bits per heavy atom. The van der Waals surface area contributed by atoms with Gasteiger partial charge in [0.05, 0.1) is 5.01 Å². The Balaban J connectivity index is 2.18. The molecule has 48 valence electrons. The number of aromatic nitrogens is 1. The number of nitrogens with two attached hydrogens (primary N) is 1. The van der Waals surface area contributed by atoms with E-state index < -0.39 is 0 Å². The molecule has 2 N–H and O–H groups in total. The van der Waals surface area contributed by atoms with E-state index >= 15 is 0 Å². The molecule has 0 radical (unpaired) electrons. The van der Waals surface area contributed by atoms with Crippen molar-refractivity contribution in [3.63, 3.8) is 0 Å². The van der Waals surface area contributed by atoms with Crippen molar-refractivity contribution in [3.8, 4) is 0 Å². The minimum absolute atomic E-state index is 0.399. The molecule has 1 saturated carbocycles. The minimum atomic E-state index is 0.399. The smallest absolute Gasteiger partial charge is 0.0971 e. The zero-order valence-corrected chi connectivity index (χ0v) is 5.77. The first-order valence-electron chi connectivity index (χ1n) is 3.03. The van der Waals surface area contributed by atoms with E-state index in [4.69, 9.17) is 5.73 Å². The van der Waals surface area contributed by atoms with Crippen molar-refractivity contribution in [1.82, 2.24) is 4.98 Å². The molecule has 2 rings (SSSR count). The van der Waals surface area contributed by atoms with Crippen molar-refractivity contribution >= 4 is 11.3 Å². The van der Waals surface area contributed by atoms with Gasteiger partial charge in [-0.15, -0.1) is 11.3 Å². The van der Waals surface area contributed by atoms with Crippen LogP contribution in [0.25, 0.3) is 0 Å². The summed E-state index contributed by atoms with van der Waals surface area (Å²) in [5.41, 5.74) is 5.62. The van der Waals surface area contributed by atoms with Crippen LogP contribution in [0.15, 0.2) is 11.6 Å². The first kappa shape index (κ1) is 5.38. The first-order valence-corrected chi connectivity index (χ1v) is 3.91. The van der Waals surface area contributed by atoms with E-state index in [0.717, 1.165) is 6.42 Å². The Morgan fingerprint density at radius 2 is 2.56 bits per heavy atom. The summed E-state index contributed by atoms with van der Waals surface area (Å²) in [4.78, 5) is 4.17. The summed E-state index contributed by atoms with van der Waals surface area (Å²) in [5, 5.41) is 3.21. The SMILES string of the molecule is N[C@H]1C[C@H]1c1nccs1. The van der Waals surface area contributed by atoms with Crippen LogP contribution in [0, 0.1) is 0 Å². The maximum absolute atomic E-state index is 5.62. The van der Waals surface area contributed by atoms with Gasteiger partial charge in [0, 0.05) is 23.5 Å². The Bertz CT molecular complexity index is 195. The summed E-state index contributed by atoms with van der Waals surface area (Å²) >= 11 is 1.71. The second-order valence-electron chi connectivity index (χ2n) is 2.38. The van der Waals surface area contributed by atoms with Crippen LogP contribution >= 0.6 is 11.3 Å². The van der Waals surface area contributed by atoms with Gasteiger partial charge in [-0.3, -0.25) is 0 Å². The van der Waals surface area contributed by atoms with Gasteiger partial charge in [0.1, 0.15) is 0 Å². The highest BCUT2D eigenvalue weighted by Gasteiger charge is 2.36. The maximum atomic E-state index is 5.62. The molecule has 0 amide bonds. The molecule has 2 nitrogen and oxygen atoms in total. The highest BCUT2D eigenvalue weighted by atomic mass is 32.1. The molecule has 1 aromatic heterocycles. The number of nitrogens with zero attached hydrogens (tertiary/aromatic N) is 1. The Labute approximate surface area is 57.7 Å². The van der Waals surface area contributed by atoms with Crippen molar-refractivity contribution < 1.29 is 0 Å². The lowest BCUT2D eigenvalue weighted by molar-refractivity contribution is 0.975. The standard InChI is InChI=1S/C6H8N2S/c7-5-3-4(5)6-8-1-2-9-6/h1-2,4-5H,3,7H2/t4-,5+/m1/s1. The van der Waals surface area contributed by atoms with Gasteiger partial charge in [-0.1, -0.05) is 0 Å². The Morgan fingerprint density at radius 3 is 3.00 bits per heavy atom. The van der Waals surface area contributed by atoms with E-state index in [1.54, 1.807) is 11.3 Å². The molecule has 0 spiro atoms. The van der Waals surface area contributed by atoms with Crippen LogP contribution in [-0.2, 0) is 0 Å². The second kappa shape index (κ2) is 1.78. The predicted octanol–water partition coefficient (Wildman–Crippen LogP) is 0.958. The third-order valence-corrected chi connectivity index (χ3v) is 2.52. The van der Waals surface area contributed by atoms with Crippen LogP contribution in [0.5, 0.6) is 0 Å². The quantitative estimate of drug-likeness (QED) is 0.631. The van der Waals surface area contributed by atoms with Crippen molar-refractivity contribution in [2.45, 2.75) is 18.4 Å². The van der Waals surface area contributed by atoms with Gasteiger partial charge in [0.25, 0.3) is 0 Å². The van der Waals surface area contributed by atoms with Gasteiger partial charge < -0.3 is 5.73 Å². The van der Waals surface area contributed by atoms with Crippen molar-refractivity contribution in [3.05, 3.63) is 16.6 Å². The van der Waals surface area contributed by atoms with Gasteiger partial charge >= 0.3 is 0 Å². The van der Waals surface area contributed by atoms with Crippen molar-refractivity contribution in [2.75, 3.05) is 0 Å². The van der Waals surface area contributed by atoms with Gasteiger partial charge in [-0.05, 0) is 6.42 Å². The fourth-order valence-corrected chi connectivity index (χ4v) is 1.74. The van der Waals surface area contributed by atoms with Gasteiger partial charge in [-0.25, -0.2) is 4.98 Å². The topological polar surface area (TPSA) is 38.9 Å². The zero-order valence-electron chi connectivity index (χ0n) is 4.95. The summed E-state index contributed by atoms with van der Waals surface area (Å²) < 4.78 is 0. The number of rotatable bonds is 1. The van der Waals surface area contributed by atoms with Crippen LogP contribution in [0.1, 0.15) is 17.3 Å². The van der Waals surface area contributed by atoms with Gasteiger partial charge in [0.15, 0.2) is 0 Å². The van der Waals surface area contributed by atoms with Crippen LogP contribution in [0.4, 0.5) is 0 Å². The predicted molar refractivity (Wildman–Crippen MR) is 37.4 cm³/mol. The Kier molecular flexibility index (Phi) is 1.07. The molecule has 0 unspecified atom stereocenters. The lowest BCUT2D eigenvalue weighted by atomic mass is 10.4. The van der Waals surface area contributed by atoms with Crippen molar-refractivity contribution in [1.29, 1.82) is 0 Å². The maximum Gasteiger partial charge on any atom is 0.0971 e. The summed E-state index contributed by atoms with van der Waals surface area (Å²) in [6, 6.07) is 0.399. The fourth-order valence-electron chi connectivity index (χ4n) is 0.916. The molecular weight excluding hydrogens is 132 g/mol. The summed E-state index contributed by atoms with van der Waals surface area (Å²) in [6.07, 6.45) is 2.97. The largest absolute Gasteiger partial charge is 0.327 e. The highest BCUT2D eigenvalue weighted by Crippen LogP contribution is 2.39. The summed E-state index contributed by atoms with van der Waals surface area (Å²) in [6.45, 7) is 0. The van der Waals surface area contributed by atoms with Crippen LogP contribution in [-0.4, -0.2) is 11.0 Å². The van der Waals surface area contributed by atoms with Crippen LogP contribution < -0.4 is 5.73 Å². The zero-order chi connectivity index (χ0) is 6.27. The van der Waals surface area contributed by atoms with E-state index in [2.05, 4.69) is 4.98 Å². The van der Waals surface area contributed by atoms with E-state index in [1.807, 2.05) is 11.6 Å². The minimum Gasteiger partial charge on any atom is -0.327 e. The highest BCUT2D eigenvalue weighted by molar-refractivity contribution is 7.09. The molecular formula is C6H8N2S. The first-order chi connectivity index (χ1) is 4.38. The molecule has 1 fully saturated rings. The number of hydrogen-bond acceptors (Lipinski definition) is 3. The number of thiazole rings is 1. The van der Waals surface area contributed by atoms with Gasteiger partial charge in [0.2, 0.25) is 0 Å². The van der Waals surface area contributed by atoms with E-state index in [9.17, 15) is 0 Å². The molecule has 0 aliphatic heterocycles. The average molecular weight is 140 g/mol. The summed E-state index contributed by atoms with van der Waals surface area (Å²) in [5.74, 6) is 0.588. The molecule has 0 bridgehead atoms. The molecule has 1 aliphatic rings. The van der Waals surface area contributed by atoms with Gasteiger partial charge in [-0.2, -0.15) is 0 Å². The third kappa shape index (κ3) is 0.862. The molecule has 1 aromatic rings. The van der Waals surface area contributed by atoms with E-state index in [1.165, 1.54) is 5.01 Å². The second-order valence-corrected chi connectivity index (χ2v) is 3.30. The molecule has 1 aliphatic carbocycles. The Hall–Kier alpha value is -0.410. The lowest BCUT2D eigenvalue weighted by Gasteiger charge is -1.84. The molecule has 1 heterocycles. The fraction of sp³-hybridized carbons (Fsp3) is 0.500. The van der Waals surface area contributed by atoms with E-state index in [-0.39, 0.29) is 0 Å². The van der Waals surface area contributed by atoms with Crippen LogP contribution in [0.3, 0.4) is 0 Å². The molecule has 0 aromatic carbocycles. The van der Waals surface area contributed by atoms with E-state index in [0.29, 0.717) is 12.0 Å². The average Bonchev–Trinajstić information content (AvgIpc) is 2.44.